The van der Waals surface area contributed by atoms with Gasteiger partial charge in [-0.1, -0.05) is 21.4 Å². The largest absolute Gasteiger partial charge is 0.507 e. The fourth-order valence-electron chi connectivity index (χ4n) is 1.12. The summed E-state index contributed by atoms with van der Waals surface area (Å²) in [6, 6.07) is 0. The number of aromatic hydroxyl groups is 1. The molecule has 0 spiro atoms. The Morgan fingerprint density at radius 2 is 1.58 bits per heavy atom. The summed E-state index contributed by atoms with van der Waals surface area (Å²) in [5, 5.41) is 9.59. The summed E-state index contributed by atoms with van der Waals surface area (Å²) in [6.07, 6.45) is 0. The second kappa shape index (κ2) is 3.13. The molecule has 1 aromatic carbocycles. The fourth-order valence-corrected chi connectivity index (χ4v) is 1.71. The topological polar surface area (TPSA) is 20.2 Å². The van der Waals surface area contributed by atoms with Gasteiger partial charge in [-0.15, -0.1) is 0 Å². The predicted octanol–water partition coefficient (Wildman–Crippen LogP) is 1.87. The molecule has 0 amide bonds. The highest BCUT2D eigenvalue weighted by Gasteiger charge is 2.10. The van der Waals surface area contributed by atoms with Crippen LogP contribution in [0, 0.1) is 20.8 Å². The van der Waals surface area contributed by atoms with Gasteiger partial charge in [-0.2, -0.15) is 0 Å². The molecule has 0 atom stereocenters. The molecule has 1 N–H and O–H groups in total. The number of hydrogen-bond acceptors (Lipinski definition) is 1. The molecular formula is C9H10BBrO. The van der Waals surface area contributed by atoms with Crippen LogP contribution in [0.1, 0.15) is 16.7 Å². The lowest BCUT2D eigenvalue weighted by atomic mass is 9.87. The first kappa shape index (κ1) is 9.65. The van der Waals surface area contributed by atoms with E-state index in [1.54, 1.807) is 0 Å². The van der Waals surface area contributed by atoms with Crippen LogP contribution in [0.4, 0.5) is 0 Å². The van der Waals surface area contributed by atoms with Crippen molar-refractivity contribution < 1.29 is 5.11 Å². The van der Waals surface area contributed by atoms with Gasteiger partial charge in [0, 0.05) is 4.47 Å². The zero-order valence-electron chi connectivity index (χ0n) is 7.40. The lowest BCUT2D eigenvalue weighted by molar-refractivity contribution is 0.467. The Morgan fingerprint density at radius 3 is 2.08 bits per heavy atom. The van der Waals surface area contributed by atoms with Crippen molar-refractivity contribution in [3.05, 3.63) is 21.2 Å². The maximum Gasteiger partial charge on any atom is 0.121 e. The van der Waals surface area contributed by atoms with Crippen LogP contribution >= 0.6 is 15.9 Å². The molecule has 1 aromatic rings. The van der Waals surface area contributed by atoms with Gasteiger partial charge in [0.1, 0.15) is 13.6 Å². The highest BCUT2D eigenvalue weighted by atomic mass is 79.9. The van der Waals surface area contributed by atoms with Gasteiger partial charge in [0.15, 0.2) is 0 Å². The molecule has 0 aliphatic rings. The van der Waals surface area contributed by atoms with Crippen LogP contribution in [0.5, 0.6) is 5.75 Å². The summed E-state index contributed by atoms with van der Waals surface area (Å²) < 4.78 is 0.885. The third-order valence-electron chi connectivity index (χ3n) is 2.24. The molecule has 1 rings (SSSR count). The van der Waals surface area contributed by atoms with Crippen molar-refractivity contribution in [1.29, 1.82) is 0 Å². The second-order valence-electron chi connectivity index (χ2n) is 2.95. The summed E-state index contributed by atoms with van der Waals surface area (Å²) in [7, 11) is 5.75. The lowest BCUT2D eigenvalue weighted by Crippen LogP contribution is -2.12. The van der Waals surface area contributed by atoms with E-state index in [1.807, 2.05) is 20.8 Å². The normalized spacial score (nSPS) is 10.3. The van der Waals surface area contributed by atoms with Crippen LogP contribution in [0.15, 0.2) is 4.47 Å². The van der Waals surface area contributed by atoms with Gasteiger partial charge in [0.25, 0.3) is 0 Å². The summed E-state index contributed by atoms with van der Waals surface area (Å²) in [4.78, 5) is 0. The van der Waals surface area contributed by atoms with Crippen molar-refractivity contribution in [3.8, 4) is 5.75 Å². The van der Waals surface area contributed by atoms with Crippen LogP contribution < -0.4 is 5.46 Å². The standard InChI is InChI=1S/C9H10BBrO/c1-4-5(2)9(12)6(3)7(10)8(4)11/h12H,1-3H3. The first-order valence-electron chi connectivity index (χ1n) is 3.70. The van der Waals surface area contributed by atoms with Crippen LogP contribution in [0.3, 0.4) is 0 Å². The van der Waals surface area contributed by atoms with E-state index in [9.17, 15) is 5.11 Å². The minimum absolute atomic E-state index is 0.299. The third kappa shape index (κ3) is 1.26. The Hall–Kier alpha value is -0.435. The van der Waals surface area contributed by atoms with Crippen LogP contribution in [0.25, 0.3) is 0 Å². The highest BCUT2D eigenvalue weighted by Crippen LogP contribution is 2.27. The number of phenols is 1. The third-order valence-corrected chi connectivity index (χ3v) is 3.26. The summed E-state index contributed by atoms with van der Waals surface area (Å²) in [5.41, 5.74) is 3.24. The van der Waals surface area contributed by atoms with Crippen molar-refractivity contribution >= 4 is 29.2 Å². The van der Waals surface area contributed by atoms with Crippen LogP contribution in [-0.4, -0.2) is 13.0 Å². The summed E-state index contributed by atoms with van der Waals surface area (Å²) in [5.74, 6) is 0.299. The quantitative estimate of drug-likeness (QED) is 0.668. The molecule has 1 nitrogen and oxygen atoms in total. The van der Waals surface area contributed by atoms with Crippen LogP contribution in [-0.2, 0) is 0 Å². The molecule has 0 aliphatic heterocycles. The first-order chi connectivity index (χ1) is 5.46. The minimum atomic E-state index is 0.299. The number of hydrogen-bond donors (Lipinski definition) is 1. The Morgan fingerprint density at radius 1 is 1.08 bits per heavy atom. The molecule has 0 saturated carbocycles. The zero-order valence-corrected chi connectivity index (χ0v) is 8.99. The van der Waals surface area contributed by atoms with Crippen molar-refractivity contribution in [2.45, 2.75) is 20.8 Å². The average molecular weight is 225 g/mol. The average Bonchev–Trinajstić information content (AvgIpc) is 2.08. The zero-order chi connectivity index (χ0) is 9.46. The van der Waals surface area contributed by atoms with Crippen molar-refractivity contribution in [2.75, 3.05) is 0 Å². The van der Waals surface area contributed by atoms with Gasteiger partial charge < -0.3 is 5.11 Å². The van der Waals surface area contributed by atoms with Gasteiger partial charge in [0.2, 0.25) is 0 Å². The molecule has 0 unspecified atom stereocenters. The van der Waals surface area contributed by atoms with E-state index >= 15 is 0 Å². The van der Waals surface area contributed by atoms with Crippen molar-refractivity contribution in [3.63, 3.8) is 0 Å². The van der Waals surface area contributed by atoms with E-state index in [0.29, 0.717) is 11.2 Å². The van der Waals surface area contributed by atoms with E-state index in [-0.39, 0.29) is 0 Å². The molecule has 0 saturated heterocycles. The van der Waals surface area contributed by atoms with E-state index in [2.05, 4.69) is 15.9 Å². The number of rotatable bonds is 0. The van der Waals surface area contributed by atoms with E-state index < -0.39 is 0 Å². The van der Waals surface area contributed by atoms with E-state index in [0.717, 1.165) is 21.2 Å². The predicted molar refractivity (Wildman–Crippen MR) is 55.4 cm³/mol. The van der Waals surface area contributed by atoms with E-state index in [1.165, 1.54) is 0 Å². The molecule has 0 aliphatic carbocycles. The Balaban J connectivity index is 3.60. The molecular weight excluding hydrogens is 215 g/mol. The fraction of sp³-hybridized carbons (Fsp3) is 0.333. The Bertz CT molecular complexity index is 229. The summed E-state index contributed by atoms with van der Waals surface area (Å²) in [6.45, 7) is 5.61. The van der Waals surface area contributed by atoms with Gasteiger partial charge in [-0.05, 0) is 37.5 Å². The van der Waals surface area contributed by atoms with Gasteiger partial charge in [0.05, 0.1) is 0 Å². The minimum Gasteiger partial charge on any atom is -0.507 e. The number of halogens is 1. The number of phenolic OH excluding ortho intramolecular Hbond substituents is 1. The van der Waals surface area contributed by atoms with Gasteiger partial charge in [-0.25, -0.2) is 0 Å². The van der Waals surface area contributed by atoms with Crippen molar-refractivity contribution in [1.82, 2.24) is 0 Å². The molecule has 0 heterocycles. The maximum atomic E-state index is 9.59. The van der Waals surface area contributed by atoms with Crippen molar-refractivity contribution in [2.24, 2.45) is 0 Å². The van der Waals surface area contributed by atoms with Crippen LogP contribution in [0.2, 0.25) is 0 Å². The Labute approximate surface area is 82.3 Å². The molecule has 0 bridgehead atoms. The molecule has 2 radical (unpaired) electrons. The SMILES string of the molecule is [B]c1c(C)c(O)c(C)c(C)c1Br. The molecule has 0 fully saturated rings. The van der Waals surface area contributed by atoms with Gasteiger partial charge >= 0.3 is 0 Å². The lowest BCUT2D eigenvalue weighted by Gasteiger charge is -2.13. The highest BCUT2D eigenvalue weighted by molar-refractivity contribution is 9.10. The van der Waals surface area contributed by atoms with E-state index in [4.69, 9.17) is 7.85 Å². The van der Waals surface area contributed by atoms with Gasteiger partial charge in [-0.3, -0.25) is 0 Å². The number of benzene rings is 1. The molecule has 0 aromatic heterocycles. The Kier molecular flexibility index (Phi) is 2.52. The molecule has 62 valence electrons. The second-order valence-corrected chi connectivity index (χ2v) is 3.74. The molecule has 3 heteroatoms. The molecule has 12 heavy (non-hydrogen) atoms. The maximum absolute atomic E-state index is 9.59. The monoisotopic (exact) mass is 224 g/mol. The first-order valence-corrected chi connectivity index (χ1v) is 4.49. The smallest absolute Gasteiger partial charge is 0.121 e. The summed E-state index contributed by atoms with van der Waals surface area (Å²) >= 11 is 3.38.